The summed E-state index contributed by atoms with van der Waals surface area (Å²) in [6.07, 6.45) is 0. The lowest BCUT2D eigenvalue weighted by atomic mass is 10.1. The van der Waals surface area contributed by atoms with E-state index in [2.05, 4.69) is 4.98 Å². The van der Waals surface area contributed by atoms with Crippen molar-refractivity contribution in [1.82, 2.24) is 4.98 Å². The lowest BCUT2D eigenvalue weighted by Gasteiger charge is -2.03. The number of fused-ring (bicyclic) bond motifs is 3. The summed E-state index contributed by atoms with van der Waals surface area (Å²) in [7, 11) is 1.56. The van der Waals surface area contributed by atoms with Gasteiger partial charge in [0.25, 0.3) is 0 Å². The molecule has 0 spiro atoms. The highest BCUT2D eigenvalue weighted by Gasteiger charge is 2.11. The minimum atomic E-state index is 0.154. The molecule has 0 aliphatic heterocycles. The molecular weight excluding hydrogens is 202 g/mol. The highest BCUT2D eigenvalue weighted by molar-refractivity contribution is 6.09. The molecule has 2 aromatic carbocycles. The molecule has 0 fully saturated rings. The Kier molecular flexibility index (Phi) is 1.80. The van der Waals surface area contributed by atoms with E-state index < -0.39 is 0 Å². The van der Waals surface area contributed by atoms with Crippen molar-refractivity contribution in [2.75, 3.05) is 7.11 Å². The van der Waals surface area contributed by atoms with Gasteiger partial charge in [0, 0.05) is 16.3 Å². The van der Waals surface area contributed by atoms with Gasteiger partial charge in [-0.15, -0.1) is 0 Å². The van der Waals surface area contributed by atoms with Gasteiger partial charge >= 0.3 is 0 Å². The summed E-state index contributed by atoms with van der Waals surface area (Å²) in [4.78, 5) is 3.25. The first kappa shape index (κ1) is 9.09. The summed E-state index contributed by atoms with van der Waals surface area (Å²) in [5.74, 6) is 0.648. The summed E-state index contributed by atoms with van der Waals surface area (Å²) < 4.78 is 5.21. The number of rotatable bonds is 1. The highest BCUT2D eigenvalue weighted by atomic mass is 16.5. The highest BCUT2D eigenvalue weighted by Crippen LogP contribution is 2.37. The molecule has 1 aromatic heterocycles. The maximum atomic E-state index is 9.69. The fraction of sp³-hybridized carbons (Fsp3) is 0.0769. The number of para-hydroxylation sites is 1. The molecule has 3 rings (SSSR count). The third-order valence-corrected chi connectivity index (χ3v) is 2.82. The number of ether oxygens (including phenoxy) is 1. The van der Waals surface area contributed by atoms with Gasteiger partial charge in [0.05, 0.1) is 12.6 Å². The number of methoxy groups -OCH3 is 1. The zero-order valence-corrected chi connectivity index (χ0v) is 8.82. The number of aromatic amines is 1. The first-order chi connectivity index (χ1) is 7.81. The van der Waals surface area contributed by atoms with Crippen molar-refractivity contribution >= 4 is 21.8 Å². The van der Waals surface area contributed by atoms with E-state index in [0.29, 0.717) is 5.75 Å². The summed E-state index contributed by atoms with van der Waals surface area (Å²) in [5.41, 5.74) is 1.88. The van der Waals surface area contributed by atoms with Crippen LogP contribution in [0, 0.1) is 0 Å². The largest absolute Gasteiger partial charge is 0.504 e. The molecule has 2 N–H and O–H groups in total. The van der Waals surface area contributed by atoms with Gasteiger partial charge in [-0.25, -0.2) is 0 Å². The molecule has 0 saturated carbocycles. The smallest absolute Gasteiger partial charge is 0.184 e. The molecule has 1 heterocycles. The summed E-state index contributed by atoms with van der Waals surface area (Å²) >= 11 is 0. The number of aromatic nitrogens is 1. The molecular formula is C13H11NO2. The van der Waals surface area contributed by atoms with E-state index in [1.165, 1.54) is 0 Å². The Morgan fingerprint density at radius 3 is 2.69 bits per heavy atom. The molecule has 16 heavy (non-hydrogen) atoms. The van der Waals surface area contributed by atoms with Crippen LogP contribution in [0.3, 0.4) is 0 Å². The Morgan fingerprint density at radius 1 is 1.06 bits per heavy atom. The van der Waals surface area contributed by atoms with Crippen LogP contribution in [0.25, 0.3) is 21.8 Å². The molecule has 3 nitrogen and oxygen atoms in total. The average Bonchev–Trinajstić information content (AvgIpc) is 2.67. The Morgan fingerprint density at radius 2 is 1.88 bits per heavy atom. The fourth-order valence-corrected chi connectivity index (χ4v) is 2.09. The van der Waals surface area contributed by atoms with Crippen LogP contribution >= 0.6 is 0 Å². The first-order valence-electron chi connectivity index (χ1n) is 5.07. The van der Waals surface area contributed by atoms with E-state index in [-0.39, 0.29) is 5.75 Å². The Labute approximate surface area is 92.3 Å². The predicted molar refractivity (Wildman–Crippen MR) is 64.0 cm³/mol. The van der Waals surface area contributed by atoms with E-state index in [1.54, 1.807) is 13.2 Å². The number of aromatic hydroxyl groups is 1. The normalized spacial score (nSPS) is 11.1. The Bertz CT molecular complexity index is 670. The maximum absolute atomic E-state index is 9.69. The van der Waals surface area contributed by atoms with Gasteiger partial charge in [-0.2, -0.15) is 0 Å². The molecule has 3 heteroatoms. The number of hydrogen-bond donors (Lipinski definition) is 2. The van der Waals surface area contributed by atoms with Crippen LogP contribution in [0.15, 0.2) is 36.4 Å². The molecule has 0 unspecified atom stereocenters. The van der Waals surface area contributed by atoms with Crippen LogP contribution in [0.5, 0.6) is 11.5 Å². The summed E-state index contributed by atoms with van der Waals surface area (Å²) in [6.45, 7) is 0. The number of H-pyrrole nitrogens is 1. The minimum absolute atomic E-state index is 0.154. The number of hydrogen-bond acceptors (Lipinski definition) is 2. The number of benzene rings is 2. The first-order valence-corrected chi connectivity index (χ1v) is 5.07. The van der Waals surface area contributed by atoms with Crippen LogP contribution in [0.2, 0.25) is 0 Å². The zero-order chi connectivity index (χ0) is 11.1. The molecule has 80 valence electrons. The molecule has 0 bridgehead atoms. The Balaban J connectivity index is 2.54. The van der Waals surface area contributed by atoms with Crippen molar-refractivity contribution in [2.45, 2.75) is 0 Å². The van der Waals surface area contributed by atoms with E-state index >= 15 is 0 Å². The van der Waals surface area contributed by atoms with Crippen molar-refractivity contribution in [3.63, 3.8) is 0 Å². The second-order valence-electron chi connectivity index (χ2n) is 3.71. The molecule has 0 aliphatic carbocycles. The number of nitrogens with one attached hydrogen (secondary N) is 1. The predicted octanol–water partition coefficient (Wildman–Crippen LogP) is 3.04. The van der Waals surface area contributed by atoms with Crippen LogP contribution in [-0.4, -0.2) is 17.2 Å². The van der Waals surface area contributed by atoms with Crippen LogP contribution < -0.4 is 4.74 Å². The molecule has 3 aromatic rings. The molecule has 0 amide bonds. The average molecular weight is 213 g/mol. The third-order valence-electron chi connectivity index (χ3n) is 2.82. The third kappa shape index (κ3) is 1.08. The van der Waals surface area contributed by atoms with Crippen molar-refractivity contribution in [2.24, 2.45) is 0 Å². The van der Waals surface area contributed by atoms with Crippen molar-refractivity contribution in [3.05, 3.63) is 36.4 Å². The van der Waals surface area contributed by atoms with Crippen molar-refractivity contribution in [3.8, 4) is 11.5 Å². The molecule has 0 saturated heterocycles. The lowest BCUT2D eigenvalue weighted by molar-refractivity contribution is 0.377. The molecule has 0 radical (unpaired) electrons. The SMILES string of the molecule is COc1c(O)ccc2c1[nH]c1ccccc12. The lowest BCUT2D eigenvalue weighted by Crippen LogP contribution is -1.84. The minimum Gasteiger partial charge on any atom is -0.504 e. The van der Waals surface area contributed by atoms with Gasteiger partial charge in [0.2, 0.25) is 0 Å². The zero-order valence-electron chi connectivity index (χ0n) is 8.82. The van der Waals surface area contributed by atoms with Gasteiger partial charge in [-0.1, -0.05) is 18.2 Å². The van der Waals surface area contributed by atoms with E-state index in [4.69, 9.17) is 4.74 Å². The number of phenolic OH excluding ortho intramolecular Hbond substituents is 1. The molecule has 0 atom stereocenters. The summed E-state index contributed by atoms with van der Waals surface area (Å²) in [6, 6.07) is 11.6. The van der Waals surface area contributed by atoms with Crippen LogP contribution in [0.4, 0.5) is 0 Å². The van der Waals surface area contributed by atoms with Crippen LogP contribution in [0.1, 0.15) is 0 Å². The second-order valence-corrected chi connectivity index (χ2v) is 3.71. The van der Waals surface area contributed by atoms with Gasteiger partial charge in [-0.05, 0) is 18.2 Å². The number of phenols is 1. The molecule has 0 aliphatic rings. The fourth-order valence-electron chi connectivity index (χ4n) is 2.09. The summed E-state index contributed by atoms with van der Waals surface area (Å²) in [5, 5.41) is 11.9. The van der Waals surface area contributed by atoms with Crippen molar-refractivity contribution < 1.29 is 9.84 Å². The second kappa shape index (κ2) is 3.17. The Hall–Kier alpha value is -2.16. The van der Waals surface area contributed by atoms with Crippen LogP contribution in [-0.2, 0) is 0 Å². The van der Waals surface area contributed by atoms with Gasteiger partial charge in [0.15, 0.2) is 11.5 Å². The van der Waals surface area contributed by atoms with Gasteiger partial charge < -0.3 is 14.8 Å². The van der Waals surface area contributed by atoms with Gasteiger partial charge in [-0.3, -0.25) is 0 Å². The van der Waals surface area contributed by atoms with E-state index in [9.17, 15) is 5.11 Å². The topological polar surface area (TPSA) is 45.2 Å². The maximum Gasteiger partial charge on any atom is 0.184 e. The quantitative estimate of drug-likeness (QED) is 0.652. The van der Waals surface area contributed by atoms with E-state index in [0.717, 1.165) is 21.8 Å². The van der Waals surface area contributed by atoms with Gasteiger partial charge in [0.1, 0.15) is 0 Å². The monoisotopic (exact) mass is 213 g/mol. The standard InChI is InChI=1S/C13H11NO2/c1-16-13-11(15)7-6-9-8-4-2-3-5-10(8)14-12(9)13/h2-7,14-15H,1H3. The van der Waals surface area contributed by atoms with Crippen molar-refractivity contribution in [1.29, 1.82) is 0 Å². The van der Waals surface area contributed by atoms with E-state index in [1.807, 2.05) is 30.3 Å².